The van der Waals surface area contributed by atoms with Crippen molar-refractivity contribution < 1.29 is 42.5 Å². The Morgan fingerprint density at radius 2 is 1.89 bits per heavy atom. The highest BCUT2D eigenvalue weighted by Gasteiger charge is 2.51. The van der Waals surface area contributed by atoms with Crippen LogP contribution in [0.1, 0.15) is 25.8 Å². The van der Waals surface area contributed by atoms with Crippen molar-refractivity contribution in [2.24, 2.45) is 5.92 Å². The standard InChI is InChI=1S/C21H28N10O11P2S/c1-7-3-8(39-17(7)31-14-9(27-21(31)34)13(22)24-5-25-14)4-38-44(37,45)41-12-11(32)19(42-43(2,35)36)40-18(12)30-6-26-10-15(30)28-20(23)29-16(10)33/h5-8,11-12,17-19,32H,3-4H2,1-2H3,(H,27,34)(H,35,36)(H,37,45)(H2,22,24,25)(H3,23,28,29,33)/t7?,8-,11?,12?,17+,18+,19+,44?/m0/s1. The normalized spacial score (nSPS) is 29.8. The number of aromatic nitrogens is 8. The van der Waals surface area contributed by atoms with E-state index >= 15 is 0 Å². The topological polar surface area (TPSA) is 303 Å². The van der Waals surface area contributed by atoms with Crippen LogP contribution in [0.4, 0.5) is 11.8 Å². The number of nitrogens with one attached hydrogen (secondary N) is 2. The van der Waals surface area contributed by atoms with Crippen LogP contribution in [0.3, 0.4) is 0 Å². The molecule has 0 radical (unpaired) electrons. The highest BCUT2D eigenvalue weighted by Crippen LogP contribution is 2.52. The molecule has 6 rings (SSSR count). The van der Waals surface area contributed by atoms with Crippen molar-refractivity contribution in [1.29, 1.82) is 0 Å². The van der Waals surface area contributed by atoms with Crippen molar-refractivity contribution in [2.75, 3.05) is 24.7 Å². The van der Waals surface area contributed by atoms with Crippen LogP contribution in [0.2, 0.25) is 0 Å². The molecule has 24 heteroatoms. The lowest BCUT2D eigenvalue weighted by Crippen LogP contribution is -2.34. The van der Waals surface area contributed by atoms with E-state index in [1.54, 1.807) is 0 Å². The lowest BCUT2D eigenvalue weighted by Gasteiger charge is -2.26. The van der Waals surface area contributed by atoms with Gasteiger partial charge in [-0.15, -0.1) is 0 Å². The molecule has 0 amide bonds. The molecule has 6 heterocycles. The van der Waals surface area contributed by atoms with Crippen LogP contribution in [-0.2, 0) is 39.4 Å². The maximum Gasteiger partial charge on any atom is 0.329 e. The summed E-state index contributed by atoms with van der Waals surface area (Å²) in [5, 5.41) is 11.0. The number of anilines is 2. The van der Waals surface area contributed by atoms with Gasteiger partial charge < -0.3 is 45.3 Å². The van der Waals surface area contributed by atoms with Gasteiger partial charge in [-0.2, -0.15) is 4.98 Å². The van der Waals surface area contributed by atoms with E-state index in [2.05, 4.69) is 29.9 Å². The third kappa shape index (κ3) is 6.19. The second-order valence-electron chi connectivity index (χ2n) is 10.5. The van der Waals surface area contributed by atoms with Gasteiger partial charge in [0.2, 0.25) is 5.95 Å². The van der Waals surface area contributed by atoms with E-state index < -0.39 is 62.6 Å². The first-order valence-corrected chi connectivity index (χ1v) is 17.8. The lowest BCUT2D eigenvalue weighted by atomic mass is 10.1. The third-order valence-corrected chi connectivity index (χ3v) is 9.27. The van der Waals surface area contributed by atoms with Crippen molar-refractivity contribution >= 4 is 60.2 Å². The van der Waals surface area contributed by atoms with Gasteiger partial charge in [0, 0.05) is 12.6 Å². The Bertz CT molecular complexity index is 1980. The molecule has 9 N–H and O–H groups in total. The van der Waals surface area contributed by atoms with Crippen LogP contribution in [0.25, 0.3) is 22.3 Å². The Morgan fingerprint density at radius 3 is 2.62 bits per heavy atom. The second-order valence-corrected chi connectivity index (χ2v) is 15.1. The van der Waals surface area contributed by atoms with Gasteiger partial charge >= 0.3 is 20.0 Å². The zero-order valence-electron chi connectivity index (χ0n) is 23.4. The van der Waals surface area contributed by atoms with E-state index in [1.165, 1.54) is 10.9 Å². The van der Waals surface area contributed by atoms with Gasteiger partial charge in [-0.3, -0.25) is 28.0 Å². The average molecular weight is 691 g/mol. The number of nitrogen functional groups attached to an aromatic ring is 2. The lowest BCUT2D eigenvalue weighted by molar-refractivity contribution is -0.127. The maximum atomic E-state index is 12.7. The number of nitrogens with two attached hydrogens (primary N) is 2. The minimum absolute atomic E-state index is 0.0857. The van der Waals surface area contributed by atoms with Crippen LogP contribution < -0.4 is 22.7 Å². The molecule has 2 aliphatic rings. The highest BCUT2D eigenvalue weighted by atomic mass is 32.5. The van der Waals surface area contributed by atoms with Gasteiger partial charge in [0.1, 0.15) is 30.3 Å². The fourth-order valence-corrected chi connectivity index (χ4v) is 7.25. The zero-order valence-corrected chi connectivity index (χ0v) is 26.0. The maximum absolute atomic E-state index is 12.7. The van der Waals surface area contributed by atoms with Crippen molar-refractivity contribution in [2.45, 2.75) is 50.4 Å². The van der Waals surface area contributed by atoms with E-state index in [-0.39, 0.29) is 46.6 Å². The Kier molecular flexibility index (Phi) is 8.19. The number of rotatable bonds is 9. The number of nitrogens with zero attached hydrogens (tertiary/aromatic N) is 6. The summed E-state index contributed by atoms with van der Waals surface area (Å²) >= 11 is 5.22. The van der Waals surface area contributed by atoms with Crippen LogP contribution >= 0.6 is 14.3 Å². The predicted octanol–water partition coefficient (Wildman–Crippen LogP) is -0.993. The van der Waals surface area contributed by atoms with Crippen LogP contribution in [0, 0.1) is 5.92 Å². The third-order valence-electron chi connectivity index (χ3n) is 7.12. The highest BCUT2D eigenvalue weighted by molar-refractivity contribution is 8.07. The van der Waals surface area contributed by atoms with Crippen molar-refractivity contribution in [1.82, 2.24) is 39.0 Å². The molecule has 0 aromatic carbocycles. The molecule has 4 aromatic heterocycles. The monoisotopic (exact) mass is 690 g/mol. The van der Waals surface area contributed by atoms with E-state index in [1.807, 2.05) is 6.92 Å². The van der Waals surface area contributed by atoms with E-state index in [0.29, 0.717) is 6.42 Å². The molecule has 21 nitrogen and oxygen atoms in total. The molecular weight excluding hydrogens is 662 g/mol. The van der Waals surface area contributed by atoms with Crippen molar-refractivity contribution in [3.63, 3.8) is 0 Å². The van der Waals surface area contributed by atoms with Crippen LogP contribution in [0.15, 0.2) is 22.2 Å². The molecular formula is C21H28N10O11P2S. The summed E-state index contributed by atoms with van der Waals surface area (Å²) < 4.78 is 42.4. The van der Waals surface area contributed by atoms with Crippen LogP contribution in [-0.4, -0.2) is 91.8 Å². The minimum atomic E-state index is -4.21. The number of hydrogen-bond donors (Lipinski definition) is 7. The van der Waals surface area contributed by atoms with Crippen molar-refractivity contribution in [3.8, 4) is 0 Å². The molecule has 9 atom stereocenters. The summed E-state index contributed by atoms with van der Waals surface area (Å²) in [5.74, 6) is -0.367. The summed E-state index contributed by atoms with van der Waals surface area (Å²) in [6, 6.07) is 0. The van der Waals surface area contributed by atoms with Gasteiger partial charge in [0.05, 0.1) is 19.0 Å². The van der Waals surface area contributed by atoms with E-state index in [9.17, 15) is 29.0 Å². The second kappa shape index (κ2) is 11.6. The van der Waals surface area contributed by atoms with E-state index in [0.717, 1.165) is 17.6 Å². The van der Waals surface area contributed by atoms with Gasteiger partial charge in [-0.1, -0.05) is 6.92 Å². The summed E-state index contributed by atoms with van der Waals surface area (Å²) in [6.07, 6.45) is -5.23. The SMILES string of the molecule is CC1C[C@@H](COP(O)(=S)OC2C(O)[C@@H](OP(C)(=O)O)O[C@H]2n2cnc3c(=O)[nH]c(N)nc32)O[C@H]1n1c(=O)[nH]c2c(N)ncnc21. The quantitative estimate of drug-likeness (QED) is 0.104. The Morgan fingerprint density at radius 1 is 1.13 bits per heavy atom. The summed E-state index contributed by atoms with van der Waals surface area (Å²) in [5.41, 5.74) is 10.7. The molecule has 2 fully saturated rings. The van der Waals surface area contributed by atoms with Crippen LogP contribution in [0.5, 0.6) is 0 Å². The summed E-state index contributed by atoms with van der Waals surface area (Å²) in [4.78, 5) is 66.8. The molecule has 0 spiro atoms. The number of fused-ring (bicyclic) bond motifs is 2. The number of aliphatic hydroxyl groups is 1. The number of aromatic amines is 2. The summed E-state index contributed by atoms with van der Waals surface area (Å²) in [6.45, 7) is -1.77. The number of hydrogen-bond acceptors (Lipinski definition) is 16. The zero-order chi connectivity index (χ0) is 32.4. The Balaban J connectivity index is 1.20. The van der Waals surface area contributed by atoms with Gasteiger partial charge in [-0.25, -0.2) is 24.3 Å². The van der Waals surface area contributed by atoms with Gasteiger partial charge in [0.15, 0.2) is 35.1 Å². The largest absolute Gasteiger partial charge is 0.385 e. The molecule has 2 saturated heterocycles. The fourth-order valence-electron chi connectivity index (χ4n) is 5.26. The molecule has 0 aliphatic carbocycles. The molecule has 244 valence electrons. The van der Waals surface area contributed by atoms with Gasteiger partial charge in [0.25, 0.3) is 5.56 Å². The molecule has 2 aliphatic heterocycles. The number of H-pyrrole nitrogens is 2. The molecule has 0 bridgehead atoms. The molecule has 45 heavy (non-hydrogen) atoms. The minimum Gasteiger partial charge on any atom is -0.385 e. The number of aliphatic hydroxyl groups excluding tert-OH is 1. The average Bonchev–Trinajstić information content (AvgIpc) is 3.68. The Hall–Kier alpha value is -3.14. The predicted molar refractivity (Wildman–Crippen MR) is 157 cm³/mol. The number of ether oxygens (including phenoxy) is 2. The first kappa shape index (κ1) is 31.8. The first-order chi connectivity index (χ1) is 21.1. The van der Waals surface area contributed by atoms with E-state index in [4.69, 9.17) is 46.3 Å². The Labute approximate surface area is 256 Å². The molecule has 4 aromatic rings. The van der Waals surface area contributed by atoms with Gasteiger partial charge in [-0.05, 0) is 18.2 Å². The first-order valence-electron chi connectivity index (χ1n) is 13.2. The molecule has 0 saturated carbocycles. The smallest absolute Gasteiger partial charge is 0.329 e. The molecule has 5 unspecified atom stereocenters. The summed E-state index contributed by atoms with van der Waals surface area (Å²) in [7, 11) is -4.20. The van der Waals surface area contributed by atoms with Crippen molar-refractivity contribution in [3.05, 3.63) is 33.5 Å². The fraction of sp³-hybridized carbons (Fsp3) is 0.524. The number of imidazole rings is 2.